The van der Waals surface area contributed by atoms with Crippen LogP contribution in [-0.4, -0.2) is 17.7 Å². The molecule has 3 rings (SSSR count). The first-order valence-corrected chi connectivity index (χ1v) is 10.8. The molecule has 0 fully saturated rings. The Morgan fingerprint density at radius 2 is 1.86 bits per heavy atom. The van der Waals surface area contributed by atoms with Crippen molar-refractivity contribution in [3.05, 3.63) is 71.3 Å². The van der Waals surface area contributed by atoms with Gasteiger partial charge in [0.1, 0.15) is 6.61 Å². The Balaban J connectivity index is 1.60. The van der Waals surface area contributed by atoms with Crippen LogP contribution in [0, 0.1) is 5.92 Å². The van der Waals surface area contributed by atoms with Gasteiger partial charge in [0.15, 0.2) is 0 Å². The molecule has 0 saturated carbocycles. The molecule has 2 aromatic carbocycles. The van der Waals surface area contributed by atoms with E-state index >= 15 is 0 Å². The maximum atomic E-state index is 11.6. The Morgan fingerprint density at radius 1 is 1.10 bits per heavy atom. The lowest BCUT2D eigenvalue weighted by Crippen LogP contribution is -2.14. The average molecular weight is 393 g/mol. The van der Waals surface area contributed by atoms with Crippen LogP contribution in [-0.2, 0) is 29.0 Å². The van der Waals surface area contributed by atoms with Crippen molar-refractivity contribution in [1.29, 1.82) is 0 Å². The van der Waals surface area contributed by atoms with Crippen molar-refractivity contribution >= 4 is 5.97 Å². The lowest BCUT2D eigenvalue weighted by atomic mass is 9.80. The largest absolute Gasteiger partial charge is 0.457 e. The van der Waals surface area contributed by atoms with Crippen LogP contribution in [0.4, 0.5) is 0 Å². The fraction of sp³-hybridized carbons (Fsp3) is 0.423. The number of ether oxygens (including phenoxy) is 1. The van der Waals surface area contributed by atoms with Gasteiger partial charge in [0.05, 0.1) is 12.2 Å². The van der Waals surface area contributed by atoms with Gasteiger partial charge in [-0.1, -0.05) is 81.7 Å². The normalized spacial score (nSPS) is 15.6. The summed E-state index contributed by atoms with van der Waals surface area (Å²) in [4.78, 5) is 11.6. The molecular formula is C26H32O3. The maximum Gasteiger partial charge on any atom is 0.336 e. The molecule has 3 heteroatoms. The molecule has 1 atom stereocenters. The summed E-state index contributed by atoms with van der Waals surface area (Å²) in [7, 11) is 0. The molecule has 0 aliphatic heterocycles. The Hall–Kier alpha value is -2.39. The zero-order valence-electron chi connectivity index (χ0n) is 17.5. The summed E-state index contributed by atoms with van der Waals surface area (Å²) < 4.78 is 5.15. The summed E-state index contributed by atoms with van der Waals surface area (Å²) in [5.41, 5.74) is 6.42. The highest BCUT2D eigenvalue weighted by Gasteiger charge is 2.18. The van der Waals surface area contributed by atoms with Crippen molar-refractivity contribution in [2.45, 2.75) is 58.5 Å². The van der Waals surface area contributed by atoms with E-state index in [1.807, 2.05) is 12.1 Å². The second kappa shape index (κ2) is 10.4. The second-order valence-corrected chi connectivity index (χ2v) is 8.12. The first kappa shape index (κ1) is 21.3. The lowest BCUT2D eigenvalue weighted by molar-refractivity contribution is -0.140. The fourth-order valence-corrected chi connectivity index (χ4v) is 4.05. The van der Waals surface area contributed by atoms with E-state index in [0.717, 1.165) is 11.5 Å². The number of unbranched alkanes of at least 4 members (excludes halogenated alkanes) is 2. The number of rotatable bonds is 9. The van der Waals surface area contributed by atoms with Crippen molar-refractivity contribution in [3.63, 3.8) is 0 Å². The number of esters is 1. The van der Waals surface area contributed by atoms with Crippen molar-refractivity contribution in [1.82, 2.24) is 0 Å². The molecule has 3 nitrogen and oxygen atoms in total. The van der Waals surface area contributed by atoms with Crippen molar-refractivity contribution in [2.75, 3.05) is 6.61 Å². The Labute approximate surface area is 174 Å². The van der Waals surface area contributed by atoms with Crippen LogP contribution in [0.1, 0.15) is 55.7 Å². The predicted octanol–water partition coefficient (Wildman–Crippen LogP) is 5.63. The zero-order chi connectivity index (χ0) is 20.6. The van der Waals surface area contributed by atoms with Crippen LogP contribution in [0.25, 0.3) is 11.1 Å². The molecule has 0 radical (unpaired) electrons. The van der Waals surface area contributed by atoms with E-state index in [2.05, 4.69) is 43.8 Å². The number of carbonyl (C=O) groups is 1. The molecule has 0 heterocycles. The van der Waals surface area contributed by atoms with E-state index in [-0.39, 0.29) is 18.8 Å². The molecular weight excluding hydrogens is 360 g/mol. The van der Waals surface area contributed by atoms with E-state index in [1.165, 1.54) is 67.2 Å². The minimum atomic E-state index is -0.556. The highest BCUT2D eigenvalue weighted by molar-refractivity contribution is 5.87. The van der Waals surface area contributed by atoms with E-state index in [4.69, 9.17) is 9.84 Å². The lowest BCUT2D eigenvalue weighted by Gasteiger charge is -2.25. The summed E-state index contributed by atoms with van der Waals surface area (Å²) in [5.74, 6) is 0.295. The van der Waals surface area contributed by atoms with E-state index in [0.29, 0.717) is 0 Å². The average Bonchev–Trinajstić information content (AvgIpc) is 2.77. The first-order valence-electron chi connectivity index (χ1n) is 10.8. The third-order valence-electron chi connectivity index (χ3n) is 5.89. The quantitative estimate of drug-likeness (QED) is 0.342. The number of aryl methyl sites for hydroxylation is 1. The Bertz CT molecular complexity index is 836. The molecule has 29 heavy (non-hydrogen) atoms. The number of carbonyl (C=O) groups excluding carboxylic acids is 1. The highest BCUT2D eigenvalue weighted by Crippen LogP contribution is 2.32. The topological polar surface area (TPSA) is 46.5 Å². The molecule has 1 N–H and O–H groups in total. The monoisotopic (exact) mass is 392 g/mol. The zero-order valence-corrected chi connectivity index (χ0v) is 17.5. The number of aliphatic hydroxyl groups excluding tert-OH is 1. The van der Waals surface area contributed by atoms with Gasteiger partial charge in [-0.3, -0.25) is 0 Å². The van der Waals surface area contributed by atoms with Crippen LogP contribution in [0.2, 0.25) is 0 Å². The van der Waals surface area contributed by atoms with Gasteiger partial charge in [-0.2, -0.15) is 0 Å². The SMILES string of the molecule is C=C(CO)C(=O)OCc1ccc(-c2ccc3c(c2)CCC(CCCCC)C3)cc1. The van der Waals surface area contributed by atoms with Crippen molar-refractivity contribution in [3.8, 4) is 11.1 Å². The standard InChI is InChI=1S/C26H32O3/c1-3-4-5-6-20-7-12-25-16-24(14-13-23(25)15-20)22-10-8-21(9-11-22)18-29-26(28)19(2)17-27/h8-11,13-14,16,20,27H,2-7,12,15,17-18H2,1H3. The summed E-state index contributed by atoms with van der Waals surface area (Å²) in [6, 6.07) is 15.0. The van der Waals surface area contributed by atoms with E-state index < -0.39 is 5.97 Å². The third kappa shape index (κ3) is 5.80. The van der Waals surface area contributed by atoms with Crippen LogP contribution < -0.4 is 0 Å². The molecule has 0 aromatic heterocycles. The Morgan fingerprint density at radius 3 is 2.59 bits per heavy atom. The van der Waals surface area contributed by atoms with Gasteiger partial charge in [0.2, 0.25) is 0 Å². The molecule has 1 aliphatic rings. The molecule has 1 unspecified atom stereocenters. The van der Waals surface area contributed by atoms with Crippen LogP contribution in [0.5, 0.6) is 0 Å². The number of benzene rings is 2. The van der Waals surface area contributed by atoms with Gasteiger partial charge >= 0.3 is 5.97 Å². The maximum absolute atomic E-state index is 11.6. The summed E-state index contributed by atoms with van der Waals surface area (Å²) in [6.07, 6.45) is 9.10. The van der Waals surface area contributed by atoms with Crippen LogP contribution in [0.15, 0.2) is 54.6 Å². The van der Waals surface area contributed by atoms with Crippen molar-refractivity contribution < 1.29 is 14.6 Å². The fourth-order valence-electron chi connectivity index (χ4n) is 4.05. The van der Waals surface area contributed by atoms with Gasteiger partial charge in [-0.05, 0) is 53.0 Å². The van der Waals surface area contributed by atoms with E-state index in [9.17, 15) is 4.79 Å². The second-order valence-electron chi connectivity index (χ2n) is 8.12. The molecule has 0 bridgehead atoms. The summed E-state index contributed by atoms with van der Waals surface area (Å²) in [5, 5.41) is 8.91. The van der Waals surface area contributed by atoms with Crippen LogP contribution in [0.3, 0.4) is 0 Å². The number of hydrogen-bond donors (Lipinski definition) is 1. The molecule has 0 amide bonds. The van der Waals surface area contributed by atoms with Gasteiger partial charge < -0.3 is 9.84 Å². The van der Waals surface area contributed by atoms with E-state index in [1.54, 1.807) is 0 Å². The van der Waals surface area contributed by atoms with Crippen LogP contribution >= 0.6 is 0 Å². The smallest absolute Gasteiger partial charge is 0.336 e. The first-order chi connectivity index (χ1) is 14.1. The molecule has 154 valence electrons. The highest BCUT2D eigenvalue weighted by atomic mass is 16.5. The summed E-state index contributed by atoms with van der Waals surface area (Å²) in [6.45, 7) is 5.54. The summed E-state index contributed by atoms with van der Waals surface area (Å²) >= 11 is 0. The minimum absolute atomic E-state index is 0.0725. The number of hydrogen-bond acceptors (Lipinski definition) is 3. The molecule has 0 saturated heterocycles. The molecule has 2 aromatic rings. The molecule has 1 aliphatic carbocycles. The Kier molecular flexibility index (Phi) is 7.65. The number of fused-ring (bicyclic) bond motifs is 1. The van der Waals surface area contributed by atoms with Gasteiger partial charge in [-0.15, -0.1) is 0 Å². The minimum Gasteiger partial charge on any atom is -0.457 e. The van der Waals surface area contributed by atoms with Gasteiger partial charge in [-0.25, -0.2) is 4.79 Å². The third-order valence-corrected chi connectivity index (χ3v) is 5.89. The molecule has 0 spiro atoms. The predicted molar refractivity (Wildman–Crippen MR) is 118 cm³/mol. The van der Waals surface area contributed by atoms with Gasteiger partial charge in [0, 0.05) is 0 Å². The van der Waals surface area contributed by atoms with Crippen molar-refractivity contribution in [2.24, 2.45) is 5.92 Å². The number of aliphatic hydroxyl groups is 1. The van der Waals surface area contributed by atoms with Gasteiger partial charge in [0.25, 0.3) is 0 Å².